The Morgan fingerprint density at radius 2 is 2.16 bits per heavy atom. The van der Waals surface area contributed by atoms with Crippen molar-refractivity contribution in [3.8, 4) is 0 Å². The third kappa shape index (κ3) is 5.10. The van der Waals surface area contributed by atoms with Gasteiger partial charge in [0.25, 0.3) is 0 Å². The summed E-state index contributed by atoms with van der Waals surface area (Å²) in [5.74, 6) is 2.59. The molecular weight excluding hydrogens is 320 g/mol. The highest BCUT2D eigenvalue weighted by atomic mass is 79.9. The second kappa shape index (κ2) is 8.30. The lowest BCUT2D eigenvalue weighted by atomic mass is 10.0. The predicted octanol–water partition coefficient (Wildman–Crippen LogP) is 3.54. The van der Waals surface area contributed by atoms with Crippen molar-refractivity contribution in [3.05, 3.63) is 34.3 Å². The number of benzene rings is 1. The Morgan fingerprint density at radius 3 is 2.84 bits per heavy atom. The quantitative estimate of drug-likeness (QED) is 0.851. The molecular formula is C15H23BrN2S. The van der Waals surface area contributed by atoms with Crippen molar-refractivity contribution >= 4 is 27.7 Å². The maximum absolute atomic E-state index is 3.69. The Balaban J connectivity index is 1.79. The van der Waals surface area contributed by atoms with Crippen molar-refractivity contribution in [2.24, 2.45) is 0 Å². The maximum Gasteiger partial charge on any atom is 0.0318 e. The van der Waals surface area contributed by atoms with Gasteiger partial charge in [-0.25, -0.2) is 0 Å². The van der Waals surface area contributed by atoms with Crippen LogP contribution < -0.4 is 5.32 Å². The molecule has 1 heterocycles. The zero-order chi connectivity index (χ0) is 13.5. The van der Waals surface area contributed by atoms with Crippen molar-refractivity contribution in [2.45, 2.75) is 19.4 Å². The molecule has 1 aromatic carbocycles. The number of halogens is 1. The van der Waals surface area contributed by atoms with Crippen LogP contribution in [0.25, 0.3) is 0 Å². The predicted molar refractivity (Wildman–Crippen MR) is 88.9 cm³/mol. The summed E-state index contributed by atoms with van der Waals surface area (Å²) in [6.07, 6.45) is 1.13. The summed E-state index contributed by atoms with van der Waals surface area (Å²) in [6.45, 7) is 7.00. The average molecular weight is 343 g/mol. The van der Waals surface area contributed by atoms with Gasteiger partial charge in [-0.3, -0.25) is 0 Å². The van der Waals surface area contributed by atoms with E-state index in [2.05, 4.69) is 69.1 Å². The van der Waals surface area contributed by atoms with Crippen LogP contribution in [0.2, 0.25) is 0 Å². The van der Waals surface area contributed by atoms with Crippen LogP contribution in [0.3, 0.4) is 0 Å². The fourth-order valence-electron chi connectivity index (χ4n) is 2.44. The lowest BCUT2D eigenvalue weighted by Gasteiger charge is -2.27. The van der Waals surface area contributed by atoms with E-state index in [1.165, 1.54) is 41.2 Å². The van der Waals surface area contributed by atoms with Gasteiger partial charge in [-0.15, -0.1) is 0 Å². The Hall–Kier alpha value is -0.0300. The summed E-state index contributed by atoms with van der Waals surface area (Å²) in [4.78, 5) is 2.57. The molecule has 1 N–H and O–H groups in total. The molecule has 0 aliphatic carbocycles. The van der Waals surface area contributed by atoms with Gasteiger partial charge in [-0.1, -0.05) is 35.0 Å². The summed E-state index contributed by atoms with van der Waals surface area (Å²) in [5.41, 5.74) is 1.38. The first-order valence-electron chi connectivity index (χ1n) is 7.08. The minimum atomic E-state index is 0.469. The summed E-state index contributed by atoms with van der Waals surface area (Å²) in [7, 11) is 0. The van der Waals surface area contributed by atoms with E-state index in [4.69, 9.17) is 0 Å². The SMILES string of the molecule is CCC(NCCN1CCSCC1)c1cccc(Br)c1. The van der Waals surface area contributed by atoms with Crippen LogP contribution in [0, 0.1) is 0 Å². The molecule has 4 heteroatoms. The van der Waals surface area contributed by atoms with Crippen molar-refractivity contribution < 1.29 is 0 Å². The highest BCUT2D eigenvalue weighted by Gasteiger charge is 2.12. The normalized spacial score (nSPS) is 18.4. The minimum absolute atomic E-state index is 0.469. The molecule has 0 radical (unpaired) electrons. The Kier molecular flexibility index (Phi) is 6.71. The van der Waals surface area contributed by atoms with Crippen molar-refractivity contribution in [3.63, 3.8) is 0 Å². The van der Waals surface area contributed by atoms with Gasteiger partial charge in [0.2, 0.25) is 0 Å². The van der Waals surface area contributed by atoms with Gasteiger partial charge in [0.1, 0.15) is 0 Å². The van der Waals surface area contributed by atoms with Crippen LogP contribution in [-0.4, -0.2) is 42.6 Å². The van der Waals surface area contributed by atoms with Gasteiger partial charge in [-0.2, -0.15) is 11.8 Å². The highest BCUT2D eigenvalue weighted by Crippen LogP contribution is 2.20. The van der Waals surface area contributed by atoms with E-state index in [0.29, 0.717) is 6.04 Å². The second-order valence-electron chi connectivity index (χ2n) is 4.92. The molecule has 1 atom stereocenters. The molecule has 0 spiro atoms. The van der Waals surface area contributed by atoms with Crippen LogP contribution in [0.15, 0.2) is 28.7 Å². The summed E-state index contributed by atoms with van der Waals surface area (Å²) >= 11 is 5.63. The Morgan fingerprint density at radius 1 is 1.37 bits per heavy atom. The monoisotopic (exact) mass is 342 g/mol. The van der Waals surface area contributed by atoms with Gasteiger partial charge in [0, 0.05) is 48.2 Å². The van der Waals surface area contributed by atoms with E-state index >= 15 is 0 Å². The third-order valence-corrected chi connectivity index (χ3v) is 5.02. The highest BCUT2D eigenvalue weighted by molar-refractivity contribution is 9.10. The molecule has 0 bridgehead atoms. The lowest BCUT2D eigenvalue weighted by molar-refractivity contribution is 0.294. The molecule has 2 rings (SSSR count). The Bertz CT molecular complexity index is 380. The van der Waals surface area contributed by atoms with Gasteiger partial charge in [-0.05, 0) is 24.1 Å². The number of thioether (sulfide) groups is 1. The zero-order valence-corrected chi connectivity index (χ0v) is 14.0. The molecule has 1 saturated heterocycles. The topological polar surface area (TPSA) is 15.3 Å². The number of hydrogen-bond donors (Lipinski definition) is 1. The van der Waals surface area contributed by atoms with Gasteiger partial charge in [0.15, 0.2) is 0 Å². The molecule has 1 aromatic rings. The van der Waals surface area contributed by atoms with Crippen molar-refractivity contribution in [2.75, 3.05) is 37.7 Å². The second-order valence-corrected chi connectivity index (χ2v) is 7.06. The first kappa shape index (κ1) is 15.4. The van der Waals surface area contributed by atoms with Crippen LogP contribution in [0.1, 0.15) is 24.9 Å². The summed E-state index contributed by atoms with van der Waals surface area (Å²) in [6, 6.07) is 9.10. The third-order valence-electron chi connectivity index (χ3n) is 3.58. The van der Waals surface area contributed by atoms with Crippen LogP contribution in [0.4, 0.5) is 0 Å². The molecule has 1 aliphatic heterocycles. The fourth-order valence-corrected chi connectivity index (χ4v) is 3.84. The van der Waals surface area contributed by atoms with Gasteiger partial charge in [0.05, 0.1) is 0 Å². The number of nitrogens with zero attached hydrogens (tertiary/aromatic N) is 1. The minimum Gasteiger partial charge on any atom is -0.309 e. The van der Waals surface area contributed by atoms with Crippen molar-refractivity contribution in [1.82, 2.24) is 10.2 Å². The van der Waals surface area contributed by atoms with Gasteiger partial charge >= 0.3 is 0 Å². The molecule has 0 saturated carbocycles. The molecule has 1 unspecified atom stereocenters. The van der Waals surface area contributed by atoms with Crippen LogP contribution in [-0.2, 0) is 0 Å². The fraction of sp³-hybridized carbons (Fsp3) is 0.600. The summed E-state index contributed by atoms with van der Waals surface area (Å²) in [5, 5.41) is 3.69. The number of nitrogens with one attached hydrogen (secondary N) is 1. The molecule has 1 fully saturated rings. The number of rotatable bonds is 6. The van der Waals surface area contributed by atoms with Crippen LogP contribution in [0.5, 0.6) is 0 Å². The first-order chi connectivity index (χ1) is 9.29. The molecule has 106 valence electrons. The smallest absolute Gasteiger partial charge is 0.0318 e. The van der Waals surface area contributed by atoms with Crippen molar-refractivity contribution in [1.29, 1.82) is 0 Å². The lowest BCUT2D eigenvalue weighted by Crippen LogP contribution is -2.38. The van der Waals surface area contributed by atoms with E-state index in [9.17, 15) is 0 Å². The molecule has 2 nitrogen and oxygen atoms in total. The number of hydrogen-bond acceptors (Lipinski definition) is 3. The van der Waals surface area contributed by atoms with E-state index < -0.39 is 0 Å². The zero-order valence-electron chi connectivity index (χ0n) is 11.6. The van der Waals surface area contributed by atoms with E-state index in [1.807, 2.05) is 0 Å². The van der Waals surface area contributed by atoms with Crippen LogP contribution >= 0.6 is 27.7 Å². The van der Waals surface area contributed by atoms with E-state index in [1.54, 1.807) is 0 Å². The van der Waals surface area contributed by atoms with E-state index in [-0.39, 0.29) is 0 Å². The molecule has 0 aromatic heterocycles. The maximum atomic E-state index is 3.69. The first-order valence-corrected chi connectivity index (χ1v) is 9.03. The molecule has 1 aliphatic rings. The Labute approximate surface area is 129 Å². The molecule has 0 amide bonds. The standard InChI is InChI=1S/C15H23BrN2S/c1-2-15(13-4-3-5-14(16)12-13)17-6-7-18-8-10-19-11-9-18/h3-5,12,15,17H,2,6-11H2,1H3. The van der Waals surface area contributed by atoms with Gasteiger partial charge < -0.3 is 10.2 Å². The average Bonchev–Trinajstić information content (AvgIpc) is 2.45. The largest absolute Gasteiger partial charge is 0.309 e. The van der Waals surface area contributed by atoms with E-state index in [0.717, 1.165) is 13.0 Å². The molecule has 19 heavy (non-hydrogen) atoms. The summed E-state index contributed by atoms with van der Waals surface area (Å²) < 4.78 is 1.17.